The van der Waals surface area contributed by atoms with Crippen molar-refractivity contribution in [2.45, 2.75) is 0 Å². The van der Waals surface area contributed by atoms with Gasteiger partial charge in [-0.25, -0.2) is 0 Å². The third kappa shape index (κ3) is 1.72. The maximum atomic E-state index is 5.11. The first-order chi connectivity index (χ1) is 5.69. The minimum atomic E-state index is 0.681. The van der Waals surface area contributed by atoms with Crippen molar-refractivity contribution < 1.29 is 9.47 Å². The smallest absolute Gasteiger partial charge is 0.163 e. The summed E-state index contributed by atoms with van der Waals surface area (Å²) in [6.07, 6.45) is 0. The molecular formula is C9H10BrO2. The second-order valence-corrected chi connectivity index (χ2v) is 3.22. The SMILES string of the molecule is [CH2]c1cc(Br)cc(OC)c1OC. The standard InChI is InChI=1S/C9H10BrO2/c1-6-4-7(10)5-8(11-2)9(6)12-3/h4-5H,1H2,2-3H3. The van der Waals surface area contributed by atoms with Gasteiger partial charge in [0.15, 0.2) is 11.5 Å². The van der Waals surface area contributed by atoms with Crippen LogP contribution in [0.15, 0.2) is 16.6 Å². The van der Waals surface area contributed by atoms with Crippen LogP contribution < -0.4 is 9.47 Å². The Labute approximate surface area is 80.6 Å². The minimum absolute atomic E-state index is 0.681. The molecule has 65 valence electrons. The number of ether oxygens (including phenoxy) is 2. The quantitative estimate of drug-likeness (QED) is 0.777. The lowest BCUT2D eigenvalue weighted by atomic mass is 10.2. The van der Waals surface area contributed by atoms with E-state index in [1.807, 2.05) is 12.1 Å². The average Bonchev–Trinajstić information content (AvgIpc) is 2.03. The number of rotatable bonds is 2. The predicted molar refractivity (Wildman–Crippen MR) is 51.7 cm³/mol. The van der Waals surface area contributed by atoms with Crippen LogP contribution in [0.5, 0.6) is 11.5 Å². The van der Waals surface area contributed by atoms with E-state index in [1.165, 1.54) is 0 Å². The molecule has 1 aromatic rings. The molecule has 2 nitrogen and oxygen atoms in total. The molecule has 0 saturated carbocycles. The Morgan fingerprint density at radius 3 is 2.42 bits per heavy atom. The van der Waals surface area contributed by atoms with E-state index in [0.29, 0.717) is 11.5 Å². The summed E-state index contributed by atoms with van der Waals surface area (Å²) in [5.41, 5.74) is 0.809. The maximum absolute atomic E-state index is 5.11. The van der Waals surface area contributed by atoms with Crippen molar-refractivity contribution in [2.24, 2.45) is 0 Å². The van der Waals surface area contributed by atoms with Crippen molar-refractivity contribution in [3.8, 4) is 11.5 Å². The lowest BCUT2D eigenvalue weighted by Crippen LogP contribution is -1.92. The Kier molecular flexibility index (Phi) is 2.98. The monoisotopic (exact) mass is 229 g/mol. The van der Waals surface area contributed by atoms with Gasteiger partial charge in [-0.2, -0.15) is 0 Å². The van der Waals surface area contributed by atoms with Crippen LogP contribution >= 0.6 is 15.9 Å². The molecule has 0 aliphatic rings. The molecule has 0 aliphatic carbocycles. The maximum Gasteiger partial charge on any atom is 0.163 e. The summed E-state index contributed by atoms with van der Waals surface area (Å²) in [7, 11) is 3.20. The molecule has 0 unspecified atom stereocenters. The van der Waals surface area contributed by atoms with Crippen LogP contribution in [0.1, 0.15) is 5.56 Å². The van der Waals surface area contributed by atoms with Crippen molar-refractivity contribution in [1.82, 2.24) is 0 Å². The van der Waals surface area contributed by atoms with E-state index in [1.54, 1.807) is 14.2 Å². The molecule has 0 heterocycles. The molecule has 3 heteroatoms. The lowest BCUT2D eigenvalue weighted by molar-refractivity contribution is 0.353. The highest BCUT2D eigenvalue weighted by molar-refractivity contribution is 9.10. The molecule has 1 aromatic carbocycles. The predicted octanol–water partition coefficient (Wildman–Crippen LogP) is 2.65. The lowest BCUT2D eigenvalue weighted by Gasteiger charge is -2.10. The molecule has 0 aliphatic heterocycles. The van der Waals surface area contributed by atoms with E-state index in [0.717, 1.165) is 10.0 Å². The molecule has 0 atom stereocenters. The van der Waals surface area contributed by atoms with E-state index in [-0.39, 0.29) is 0 Å². The minimum Gasteiger partial charge on any atom is -0.493 e. The first kappa shape index (κ1) is 9.39. The summed E-state index contributed by atoms with van der Waals surface area (Å²) in [6, 6.07) is 3.72. The molecule has 12 heavy (non-hydrogen) atoms. The van der Waals surface area contributed by atoms with Gasteiger partial charge in [-0.15, -0.1) is 0 Å². The molecule has 0 amide bonds. The van der Waals surface area contributed by atoms with Gasteiger partial charge in [0.25, 0.3) is 0 Å². The van der Waals surface area contributed by atoms with Gasteiger partial charge in [0.1, 0.15) is 0 Å². The van der Waals surface area contributed by atoms with Gasteiger partial charge in [0.05, 0.1) is 14.2 Å². The largest absolute Gasteiger partial charge is 0.493 e. The van der Waals surface area contributed by atoms with Gasteiger partial charge < -0.3 is 9.47 Å². The molecule has 0 saturated heterocycles. The summed E-state index contributed by atoms with van der Waals surface area (Å²) in [5, 5.41) is 0. The second-order valence-electron chi connectivity index (χ2n) is 2.30. The molecule has 0 aromatic heterocycles. The molecular weight excluding hydrogens is 220 g/mol. The zero-order valence-corrected chi connectivity index (χ0v) is 8.64. The van der Waals surface area contributed by atoms with Crippen LogP contribution in [0, 0.1) is 6.92 Å². The molecule has 0 spiro atoms. The highest BCUT2D eigenvalue weighted by Gasteiger charge is 2.07. The molecule has 1 radical (unpaired) electrons. The highest BCUT2D eigenvalue weighted by atomic mass is 79.9. The summed E-state index contributed by atoms with van der Waals surface area (Å²) < 4.78 is 11.2. The van der Waals surface area contributed by atoms with Gasteiger partial charge in [-0.1, -0.05) is 15.9 Å². The molecule has 0 N–H and O–H groups in total. The van der Waals surface area contributed by atoms with Gasteiger partial charge in [-0.05, 0) is 24.6 Å². The fraction of sp³-hybridized carbons (Fsp3) is 0.222. The Bertz CT molecular complexity index is 284. The second kappa shape index (κ2) is 3.81. The van der Waals surface area contributed by atoms with Crippen molar-refractivity contribution in [3.63, 3.8) is 0 Å². The van der Waals surface area contributed by atoms with E-state index < -0.39 is 0 Å². The van der Waals surface area contributed by atoms with Crippen molar-refractivity contribution in [2.75, 3.05) is 14.2 Å². The van der Waals surface area contributed by atoms with E-state index >= 15 is 0 Å². The van der Waals surface area contributed by atoms with Gasteiger partial charge in [0.2, 0.25) is 0 Å². The summed E-state index contributed by atoms with van der Waals surface area (Å²) >= 11 is 3.34. The van der Waals surface area contributed by atoms with Crippen LogP contribution in [-0.2, 0) is 0 Å². The number of hydrogen-bond donors (Lipinski definition) is 0. The molecule has 1 rings (SSSR count). The topological polar surface area (TPSA) is 18.5 Å². The Balaban J connectivity index is 3.24. The Morgan fingerprint density at radius 2 is 1.92 bits per heavy atom. The Hall–Kier alpha value is -0.700. The highest BCUT2D eigenvalue weighted by Crippen LogP contribution is 2.33. The van der Waals surface area contributed by atoms with Crippen molar-refractivity contribution in [3.05, 3.63) is 29.1 Å². The summed E-state index contributed by atoms with van der Waals surface area (Å²) in [5.74, 6) is 1.37. The fourth-order valence-electron chi connectivity index (χ4n) is 1.01. The van der Waals surface area contributed by atoms with Crippen LogP contribution in [0.3, 0.4) is 0 Å². The number of halogens is 1. The van der Waals surface area contributed by atoms with Crippen molar-refractivity contribution >= 4 is 15.9 Å². The molecule has 0 fully saturated rings. The van der Waals surface area contributed by atoms with E-state index in [4.69, 9.17) is 9.47 Å². The number of benzene rings is 1. The van der Waals surface area contributed by atoms with Crippen molar-refractivity contribution in [1.29, 1.82) is 0 Å². The first-order valence-corrected chi connectivity index (χ1v) is 4.21. The first-order valence-electron chi connectivity index (χ1n) is 3.42. The zero-order valence-electron chi connectivity index (χ0n) is 7.06. The summed E-state index contributed by atoms with van der Waals surface area (Å²) in [4.78, 5) is 0. The third-order valence-corrected chi connectivity index (χ3v) is 1.98. The fourth-order valence-corrected chi connectivity index (χ4v) is 1.49. The van der Waals surface area contributed by atoms with Crippen LogP contribution in [-0.4, -0.2) is 14.2 Å². The van der Waals surface area contributed by atoms with Gasteiger partial charge >= 0.3 is 0 Å². The number of methoxy groups -OCH3 is 2. The summed E-state index contributed by atoms with van der Waals surface area (Å²) in [6.45, 7) is 3.83. The van der Waals surface area contributed by atoms with Crippen LogP contribution in [0.4, 0.5) is 0 Å². The van der Waals surface area contributed by atoms with Crippen LogP contribution in [0.2, 0.25) is 0 Å². The average molecular weight is 230 g/mol. The van der Waals surface area contributed by atoms with E-state index in [9.17, 15) is 0 Å². The van der Waals surface area contributed by atoms with Gasteiger partial charge in [0, 0.05) is 4.47 Å². The van der Waals surface area contributed by atoms with E-state index in [2.05, 4.69) is 22.9 Å². The normalized spacial score (nSPS) is 9.67. The zero-order chi connectivity index (χ0) is 9.14. The van der Waals surface area contributed by atoms with Crippen LogP contribution in [0.25, 0.3) is 0 Å². The third-order valence-electron chi connectivity index (χ3n) is 1.52. The van der Waals surface area contributed by atoms with Gasteiger partial charge in [-0.3, -0.25) is 0 Å². The number of hydrogen-bond acceptors (Lipinski definition) is 2. The Morgan fingerprint density at radius 1 is 1.25 bits per heavy atom. The molecule has 0 bridgehead atoms.